The molecule has 0 radical (unpaired) electrons. The second-order valence-electron chi connectivity index (χ2n) is 6.14. The molecule has 0 fully saturated rings. The monoisotopic (exact) mass is 362 g/mol. The lowest BCUT2D eigenvalue weighted by atomic mass is 10.0. The average molecular weight is 362 g/mol. The highest BCUT2D eigenvalue weighted by Crippen LogP contribution is 2.31. The van der Waals surface area contributed by atoms with Crippen molar-refractivity contribution in [3.63, 3.8) is 0 Å². The summed E-state index contributed by atoms with van der Waals surface area (Å²) in [4.78, 5) is 13.5. The van der Waals surface area contributed by atoms with Crippen LogP contribution in [-0.4, -0.2) is 22.0 Å². The average Bonchev–Trinajstić information content (AvgIpc) is 2.67. The minimum Gasteiger partial charge on any atom is -0.373 e. The highest BCUT2D eigenvalue weighted by atomic mass is 19.1. The largest absolute Gasteiger partial charge is 0.373 e. The zero-order valence-corrected chi connectivity index (χ0v) is 14.8. The predicted octanol–water partition coefficient (Wildman–Crippen LogP) is 4.99. The molecule has 2 heterocycles. The lowest BCUT2D eigenvalue weighted by molar-refractivity contribution is 0.585. The molecule has 6 heteroatoms. The van der Waals surface area contributed by atoms with Crippen molar-refractivity contribution >= 4 is 16.7 Å². The van der Waals surface area contributed by atoms with E-state index in [-0.39, 0.29) is 0 Å². The van der Waals surface area contributed by atoms with Gasteiger partial charge in [0, 0.05) is 41.5 Å². The Hall–Kier alpha value is -3.41. The number of aromatic nitrogens is 3. The van der Waals surface area contributed by atoms with E-state index >= 15 is 0 Å². The molecule has 0 saturated carbocycles. The molecule has 1 N–H and O–H groups in total. The third-order valence-corrected chi connectivity index (χ3v) is 4.42. The van der Waals surface area contributed by atoms with Gasteiger partial charge in [-0.25, -0.2) is 18.7 Å². The Kier molecular flexibility index (Phi) is 4.24. The van der Waals surface area contributed by atoms with Gasteiger partial charge in [0.15, 0.2) is 5.82 Å². The quantitative estimate of drug-likeness (QED) is 0.558. The molecule has 0 bridgehead atoms. The smallest absolute Gasteiger partial charge is 0.163 e. The lowest BCUT2D eigenvalue weighted by Crippen LogP contribution is -2.00. The molecule has 0 aliphatic heterocycles. The summed E-state index contributed by atoms with van der Waals surface area (Å²) in [6.45, 7) is 1.91. The zero-order chi connectivity index (χ0) is 19.0. The molecule has 2 aromatic carbocycles. The summed E-state index contributed by atoms with van der Waals surface area (Å²) in [5.41, 5.74) is 3.37. The van der Waals surface area contributed by atoms with Gasteiger partial charge in [0.1, 0.15) is 17.5 Å². The van der Waals surface area contributed by atoms with Gasteiger partial charge in [-0.05, 0) is 48.9 Å². The van der Waals surface area contributed by atoms with Crippen LogP contribution in [0.5, 0.6) is 0 Å². The first kappa shape index (κ1) is 17.0. The van der Waals surface area contributed by atoms with Crippen molar-refractivity contribution in [1.29, 1.82) is 0 Å². The maximum absolute atomic E-state index is 14.2. The predicted molar refractivity (Wildman–Crippen MR) is 102 cm³/mol. The number of nitrogens with zero attached hydrogens (tertiary/aromatic N) is 3. The van der Waals surface area contributed by atoms with Gasteiger partial charge in [0.2, 0.25) is 0 Å². The first-order valence-corrected chi connectivity index (χ1v) is 8.44. The van der Waals surface area contributed by atoms with Crippen LogP contribution in [0.25, 0.3) is 33.4 Å². The Balaban J connectivity index is 1.90. The molecule has 4 nitrogen and oxygen atoms in total. The summed E-state index contributed by atoms with van der Waals surface area (Å²) in [6.07, 6.45) is 1.72. The van der Waals surface area contributed by atoms with E-state index < -0.39 is 11.6 Å². The van der Waals surface area contributed by atoms with E-state index in [0.717, 1.165) is 28.2 Å². The summed E-state index contributed by atoms with van der Waals surface area (Å²) in [5.74, 6) is -0.0163. The van der Waals surface area contributed by atoms with Crippen molar-refractivity contribution in [3.8, 4) is 22.5 Å². The van der Waals surface area contributed by atoms with Crippen LogP contribution in [0.2, 0.25) is 0 Å². The fourth-order valence-electron chi connectivity index (χ4n) is 3.05. The Morgan fingerprint density at radius 3 is 2.52 bits per heavy atom. The number of hydrogen-bond donors (Lipinski definition) is 1. The Morgan fingerprint density at radius 2 is 1.78 bits per heavy atom. The summed E-state index contributed by atoms with van der Waals surface area (Å²) >= 11 is 0. The highest BCUT2D eigenvalue weighted by molar-refractivity contribution is 5.94. The number of rotatable bonds is 3. The highest BCUT2D eigenvalue weighted by Gasteiger charge is 2.13. The number of nitrogens with one attached hydrogen (secondary N) is 1. The van der Waals surface area contributed by atoms with Gasteiger partial charge in [0.25, 0.3) is 0 Å². The number of hydrogen-bond acceptors (Lipinski definition) is 4. The normalized spacial score (nSPS) is 11.0. The fraction of sp³-hybridized carbons (Fsp3) is 0.0952. The second kappa shape index (κ2) is 6.72. The standard InChI is InChI=1S/C21H16F2N4/c1-12-15(4-3-9-25-12)21-26-19-8-5-13(10-17(19)20(24-2)27-21)16-7-6-14(22)11-18(16)23/h3-11H,1-2H3,(H,24,26,27). The minimum absolute atomic E-state index is 0.326. The van der Waals surface area contributed by atoms with Crippen LogP contribution in [0.1, 0.15) is 5.69 Å². The number of halogens is 2. The fourth-order valence-corrected chi connectivity index (χ4v) is 3.05. The van der Waals surface area contributed by atoms with Crippen molar-refractivity contribution in [1.82, 2.24) is 15.0 Å². The van der Waals surface area contributed by atoms with E-state index in [4.69, 9.17) is 0 Å². The van der Waals surface area contributed by atoms with Crippen molar-refractivity contribution in [3.05, 3.63) is 72.1 Å². The van der Waals surface area contributed by atoms with E-state index in [1.54, 1.807) is 25.4 Å². The van der Waals surface area contributed by atoms with Crippen molar-refractivity contribution in [2.75, 3.05) is 12.4 Å². The van der Waals surface area contributed by atoms with Crippen LogP contribution in [0.15, 0.2) is 54.7 Å². The van der Waals surface area contributed by atoms with Gasteiger partial charge in [0.05, 0.1) is 5.52 Å². The number of pyridine rings is 1. The Bertz CT molecular complexity index is 1160. The Morgan fingerprint density at radius 1 is 0.926 bits per heavy atom. The molecule has 134 valence electrons. The van der Waals surface area contributed by atoms with Crippen molar-refractivity contribution < 1.29 is 8.78 Å². The molecular formula is C21H16F2N4. The summed E-state index contributed by atoms with van der Waals surface area (Å²) in [7, 11) is 1.77. The summed E-state index contributed by atoms with van der Waals surface area (Å²) in [5, 5.41) is 3.83. The molecule has 4 rings (SSSR count). The molecule has 2 aromatic heterocycles. The first-order valence-electron chi connectivity index (χ1n) is 8.44. The van der Waals surface area contributed by atoms with E-state index in [1.807, 2.05) is 25.1 Å². The summed E-state index contributed by atoms with van der Waals surface area (Å²) < 4.78 is 27.4. The van der Waals surface area contributed by atoms with Crippen LogP contribution >= 0.6 is 0 Å². The number of anilines is 1. The van der Waals surface area contributed by atoms with E-state index in [0.29, 0.717) is 22.8 Å². The van der Waals surface area contributed by atoms with Gasteiger partial charge >= 0.3 is 0 Å². The molecular weight excluding hydrogens is 346 g/mol. The maximum atomic E-state index is 14.2. The maximum Gasteiger partial charge on any atom is 0.163 e. The third kappa shape index (κ3) is 3.10. The van der Waals surface area contributed by atoms with Gasteiger partial charge in [-0.2, -0.15) is 0 Å². The molecule has 0 saturated heterocycles. The topological polar surface area (TPSA) is 50.7 Å². The zero-order valence-electron chi connectivity index (χ0n) is 14.8. The van der Waals surface area contributed by atoms with Crippen LogP contribution in [0.3, 0.4) is 0 Å². The molecule has 0 aliphatic carbocycles. The SMILES string of the molecule is CNc1nc(-c2cccnc2C)nc2ccc(-c3ccc(F)cc3F)cc12. The molecule has 0 aliphatic rings. The van der Waals surface area contributed by atoms with Gasteiger partial charge in [-0.15, -0.1) is 0 Å². The van der Waals surface area contributed by atoms with Crippen molar-refractivity contribution in [2.24, 2.45) is 0 Å². The van der Waals surface area contributed by atoms with Crippen LogP contribution < -0.4 is 5.32 Å². The summed E-state index contributed by atoms with van der Waals surface area (Å²) in [6, 6.07) is 12.7. The first-order chi connectivity index (χ1) is 13.1. The van der Waals surface area contributed by atoms with E-state index in [9.17, 15) is 8.78 Å². The molecule has 27 heavy (non-hydrogen) atoms. The van der Waals surface area contributed by atoms with E-state index in [2.05, 4.69) is 20.3 Å². The number of aryl methyl sites for hydroxylation is 1. The van der Waals surface area contributed by atoms with Gasteiger partial charge < -0.3 is 5.32 Å². The van der Waals surface area contributed by atoms with Gasteiger partial charge in [-0.3, -0.25) is 4.98 Å². The number of benzene rings is 2. The van der Waals surface area contributed by atoms with Crippen LogP contribution in [0.4, 0.5) is 14.6 Å². The van der Waals surface area contributed by atoms with Crippen LogP contribution in [-0.2, 0) is 0 Å². The van der Waals surface area contributed by atoms with Gasteiger partial charge in [-0.1, -0.05) is 6.07 Å². The van der Waals surface area contributed by atoms with Crippen molar-refractivity contribution in [2.45, 2.75) is 6.92 Å². The number of fused-ring (bicyclic) bond motifs is 1. The molecule has 0 atom stereocenters. The minimum atomic E-state index is -0.608. The molecule has 0 spiro atoms. The molecule has 0 unspecified atom stereocenters. The molecule has 4 aromatic rings. The third-order valence-electron chi connectivity index (χ3n) is 4.42. The Labute approximate surface area is 154 Å². The molecule has 0 amide bonds. The van der Waals surface area contributed by atoms with E-state index in [1.165, 1.54) is 12.1 Å². The lowest BCUT2D eigenvalue weighted by Gasteiger charge is -2.11. The van der Waals surface area contributed by atoms with Crippen LogP contribution in [0, 0.1) is 18.6 Å². The second-order valence-corrected chi connectivity index (χ2v) is 6.14.